The molecule has 0 fully saturated rings. The van der Waals surface area contributed by atoms with E-state index in [-0.39, 0.29) is 28.5 Å². The summed E-state index contributed by atoms with van der Waals surface area (Å²) in [6.07, 6.45) is -4.68. The van der Waals surface area contributed by atoms with Gasteiger partial charge in [0.25, 0.3) is 5.91 Å². The molecule has 0 saturated heterocycles. The molecule has 0 saturated carbocycles. The van der Waals surface area contributed by atoms with Crippen LogP contribution in [0.25, 0.3) is 5.65 Å². The second-order valence-corrected chi connectivity index (χ2v) is 5.89. The Balaban J connectivity index is 1.90. The maximum Gasteiger partial charge on any atom is 0.433 e. The highest BCUT2D eigenvalue weighted by molar-refractivity contribution is 6.03. The van der Waals surface area contributed by atoms with Gasteiger partial charge >= 0.3 is 12.8 Å². The Morgan fingerprint density at radius 3 is 2.50 bits per heavy atom. The average molecular weight is 400 g/mol. The number of nitrogens with one attached hydrogen (secondary N) is 1. The summed E-state index contributed by atoms with van der Waals surface area (Å²) >= 11 is 0. The van der Waals surface area contributed by atoms with Crippen molar-refractivity contribution >= 4 is 17.2 Å². The molecule has 2 heterocycles. The van der Waals surface area contributed by atoms with E-state index in [1.165, 1.54) is 25.1 Å². The smallest absolute Gasteiger partial charge is 0.433 e. The number of alkyl halides is 5. The highest BCUT2D eigenvalue weighted by Gasteiger charge is 2.35. The van der Waals surface area contributed by atoms with Gasteiger partial charge in [0.1, 0.15) is 11.4 Å². The van der Waals surface area contributed by atoms with Crippen molar-refractivity contribution < 1.29 is 31.5 Å². The molecule has 0 aliphatic heterocycles. The van der Waals surface area contributed by atoms with Crippen LogP contribution in [0.3, 0.4) is 0 Å². The van der Waals surface area contributed by atoms with Crippen LogP contribution in [0.1, 0.15) is 27.4 Å². The molecular formula is C17H13F5N4O2. The number of aryl methyl sites for hydroxylation is 2. The highest BCUT2D eigenvalue weighted by atomic mass is 19.4. The van der Waals surface area contributed by atoms with Crippen molar-refractivity contribution in [3.05, 3.63) is 53.0 Å². The molecule has 1 N–H and O–H groups in total. The normalized spacial score (nSPS) is 11.9. The van der Waals surface area contributed by atoms with Gasteiger partial charge in [-0.2, -0.15) is 27.1 Å². The van der Waals surface area contributed by atoms with Crippen molar-refractivity contribution in [3.63, 3.8) is 0 Å². The van der Waals surface area contributed by atoms with E-state index in [4.69, 9.17) is 0 Å². The fourth-order valence-electron chi connectivity index (χ4n) is 2.55. The molecule has 0 radical (unpaired) electrons. The summed E-state index contributed by atoms with van der Waals surface area (Å²) in [5, 5.41) is 6.18. The lowest BCUT2D eigenvalue weighted by Crippen LogP contribution is -2.16. The minimum Gasteiger partial charge on any atom is -0.435 e. The number of rotatable bonds is 4. The van der Waals surface area contributed by atoms with Gasteiger partial charge in [-0.25, -0.2) is 9.50 Å². The minimum absolute atomic E-state index is 0.0901. The molecule has 3 rings (SSSR count). The number of carbonyl (C=O) groups is 1. The van der Waals surface area contributed by atoms with Crippen LogP contribution in [0.15, 0.2) is 30.3 Å². The number of amides is 1. The summed E-state index contributed by atoms with van der Waals surface area (Å²) in [7, 11) is 0. The standard InChI is InChI=1S/C17H13F5N4O2/c1-8-5-10(28-16(18)19)3-4-11(8)24-15(27)12-7-14-23-9(2)6-13(17(20,21)22)26(14)25-12/h3-7,16H,1-2H3,(H,24,27). The van der Waals surface area contributed by atoms with Crippen molar-refractivity contribution in [1.29, 1.82) is 0 Å². The molecule has 28 heavy (non-hydrogen) atoms. The van der Waals surface area contributed by atoms with Crippen LogP contribution in [-0.4, -0.2) is 27.1 Å². The number of ether oxygens (including phenoxy) is 1. The average Bonchev–Trinajstić information content (AvgIpc) is 2.98. The molecule has 0 aliphatic rings. The maximum absolute atomic E-state index is 13.2. The van der Waals surface area contributed by atoms with E-state index in [2.05, 4.69) is 20.1 Å². The summed E-state index contributed by atoms with van der Waals surface area (Å²) in [4.78, 5) is 16.3. The molecule has 148 valence electrons. The fourth-order valence-corrected chi connectivity index (χ4v) is 2.55. The molecule has 1 amide bonds. The van der Waals surface area contributed by atoms with Gasteiger partial charge < -0.3 is 10.1 Å². The minimum atomic E-state index is -4.68. The van der Waals surface area contributed by atoms with Gasteiger partial charge in [0, 0.05) is 17.4 Å². The lowest BCUT2D eigenvalue weighted by molar-refractivity contribution is -0.142. The Morgan fingerprint density at radius 1 is 1.18 bits per heavy atom. The highest BCUT2D eigenvalue weighted by Crippen LogP contribution is 2.30. The third kappa shape index (κ3) is 4.02. The first-order valence-electron chi connectivity index (χ1n) is 7.86. The van der Waals surface area contributed by atoms with Crippen molar-refractivity contribution in [2.45, 2.75) is 26.6 Å². The predicted octanol–water partition coefficient (Wildman–Crippen LogP) is 4.22. The molecule has 0 unspecified atom stereocenters. The number of nitrogens with zero attached hydrogens (tertiary/aromatic N) is 3. The first-order valence-corrected chi connectivity index (χ1v) is 7.86. The SMILES string of the molecule is Cc1cc(C(F)(F)F)n2nc(C(=O)Nc3ccc(OC(F)F)cc3C)cc2n1. The van der Waals surface area contributed by atoms with Crippen molar-refractivity contribution in [2.75, 3.05) is 5.32 Å². The van der Waals surface area contributed by atoms with Gasteiger partial charge in [0.2, 0.25) is 0 Å². The van der Waals surface area contributed by atoms with Gasteiger partial charge in [-0.1, -0.05) is 0 Å². The van der Waals surface area contributed by atoms with E-state index in [0.717, 1.165) is 12.1 Å². The lowest BCUT2D eigenvalue weighted by Gasteiger charge is -2.10. The molecule has 6 nitrogen and oxygen atoms in total. The van der Waals surface area contributed by atoms with E-state index in [1.54, 1.807) is 6.92 Å². The fraction of sp³-hybridized carbons (Fsp3) is 0.235. The third-order valence-electron chi connectivity index (χ3n) is 3.75. The Morgan fingerprint density at radius 2 is 1.89 bits per heavy atom. The van der Waals surface area contributed by atoms with Gasteiger partial charge in [0.05, 0.1) is 0 Å². The van der Waals surface area contributed by atoms with Crippen LogP contribution in [0.4, 0.5) is 27.6 Å². The second kappa shape index (κ2) is 7.06. The van der Waals surface area contributed by atoms with Crippen molar-refractivity contribution in [1.82, 2.24) is 14.6 Å². The first-order chi connectivity index (χ1) is 13.0. The number of benzene rings is 1. The van der Waals surface area contributed by atoms with Gasteiger partial charge in [-0.05, 0) is 43.7 Å². The van der Waals surface area contributed by atoms with Crippen LogP contribution in [0, 0.1) is 13.8 Å². The predicted molar refractivity (Wildman–Crippen MR) is 88.5 cm³/mol. The molecule has 11 heteroatoms. The largest absolute Gasteiger partial charge is 0.435 e. The second-order valence-electron chi connectivity index (χ2n) is 5.89. The molecule has 3 aromatic rings. The zero-order chi connectivity index (χ0) is 20.6. The zero-order valence-electron chi connectivity index (χ0n) is 14.5. The summed E-state index contributed by atoms with van der Waals surface area (Å²) in [5.74, 6) is -0.866. The van der Waals surface area contributed by atoms with Crippen molar-refractivity contribution in [2.24, 2.45) is 0 Å². The van der Waals surface area contributed by atoms with E-state index in [0.29, 0.717) is 10.1 Å². The van der Waals surface area contributed by atoms with E-state index < -0.39 is 24.4 Å². The first kappa shape index (κ1) is 19.5. The number of fused-ring (bicyclic) bond motifs is 1. The Bertz CT molecular complexity index is 1050. The molecule has 2 aromatic heterocycles. The van der Waals surface area contributed by atoms with Crippen LogP contribution >= 0.6 is 0 Å². The van der Waals surface area contributed by atoms with Crippen molar-refractivity contribution in [3.8, 4) is 5.75 Å². The zero-order valence-corrected chi connectivity index (χ0v) is 14.5. The van der Waals surface area contributed by atoms with E-state index in [1.807, 2.05) is 0 Å². The number of halogens is 5. The maximum atomic E-state index is 13.2. The quantitative estimate of drug-likeness (QED) is 0.666. The molecule has 0 bridgehead atoms. The van der Waals surface area contributed by atoms with Crippen LogP contribution in [0.5, 0.6) is 5.75 Å². The number of carbonyl (C=O) groups excluding carboxylic acids is 1. The Kier molecular flexibility index (Phi) is 4.92. The molecule has 1 aromatic carbocycles. The van der Waals surface area contributed by atoms with E-state index in [9.17, 15) is 26.7 Å². The van der Waals surface area contributed by atoms with Crippen LogP contribution in [0.2, 0.25) is 0 Å². The van der Waals surface area contributed by atoms with Gasteiger partial charge in [-0.3, -0.25) is 4.79 Å². The Labute approximate surface area is 154 Å². The van der Waals surface area contributed by atoms with Crippen LogP contribution in [-0.2, 0) is 6.18 Å². The summed E-state index contributed by atoms with van der Waals surface area (Å²) in [6, 6.07) is 5.81. The van der Waals surface area contributed by atoms with Crippen LogP contribution < -0.4 is 10.1 Å². The summed E-state index contributed by atoms with van der Waals surface area (Å²) in [5.41, 5.74) is -0.661. The number of anilines is 1. The van der Waals surface area contributed by atoms with Gasteiger partial charge in [-0.15, -0.1) is 0 Å². The number of hydrogen-bond acceptors (Lipinski definition) is 4. The number of aromatic nitrogens is 3. The molecule has 0 atom stereocenters. The summed E-state index contributed by atoms with van der Waals surface area (Å²) in [6.45, 7) is -0.0461. The third-order valence-corrected chi connectivity index (χ3v) is 3.75. The molecule has 0 aliphatic carbocycles. The van der Waals surface area contributed by atoms with E-state index >= 15 is 0 Å². The monoisotopic (exact) mass is 400 g/mol. The molecular weight excluding hydrogens is 387 g/mol. The topological polar surface area (TPSA) is 68.5 Å². The van der Waals surface area contributed by atoms with Gasteiger partial charge in [0.15, 0.2) is 11.3 Å². The number of hydrogen-bond donors (Lipinski definition) is 1. The molecule has 0 spiro atoms. The Hall–Kier alpha value is -3.24. The summed E-state index contributed by atoms with van der Waals surface area (Å²) < 4.78 is 68.8. The lowest BCUT2D eigenvalue weighted by atomic mass is 10.2.